The third-order valence-electron chi connectivity index (χ3n) is 28.4. The van der Waals surface area contributed by atoms with Crippen molar-refractivity contribution in [2.75, 3.05) is 146 Å². The highest BCUT2D eigenvalue weighted by molar-refractivity contribution is 8.77. The van der Waals surface area contributed by atoms with Crippen molar-refractivity contribution in [1.82, 2.24) is 35.7 Å². The van der Waals surface area contributed by atoms with Gasteiger partial charge in [0.05, 0.1) is 99.9 Å². The SMILES string of the molecule is CCC(CO)OC(CO)OC.CCC(CO)OC(COC(=O)CCC(=O)NCCCNC(=O)CCC(C)(C)SSc1ccc([N+](=O)[O-])cn1)OC.CCC(CO)OC(COC(=O)CCC(=O)O)OC.CCC(CO)OC(COC(=O)CCCC(=O)NC(C)C(=O)OCCCCC(=O)[C@]1(O)C2N(C)c3cc(C)c([C@@]4(C)CC5CN(CCc6c4[nH]c4ccccc64)CC(O)(CC)C5)cc3C23CCN2CC=C[C@](CC)(C23)[C@H]1O)OC.O=C=O. The highest BCUT2D eigenvalue weighted by atomic mass is 33.1. The van der Waals surface area contributed by atoms with Gasteiger partial charge in [-0.2, -0.15) is 9.59 Å². The number of likely N-dealkylation sites (N-methyl/N-ethyl adjacent to an activating group) is 1. The standard InChI is InChI=1S/C61H87N5O12.C25H40N4O9S2.C11H20O7.C7H16O4.CO2/c1-9-41(35-67)78-51(75-8)36-77-50(70)22-16-21-49(69)62-39(5)53(71)76-29-15-14-20-48(68)61(74)55-60(25-28-66-26-17-24-59(11-3,54(60)66)56(61)72)45-31-44(38(4)30-47(45)64(55)7)57(6)32-40-33-58(73,10-2)37-65(34-40)27-23-43-42-18-12-13-19-46(42)63-52(43)57;1-5-19(16-30)38-24(36-4)17-37-23(33)10-8-20(31)26-13-6-14-27-21(32)11-12-25(2,3)40-39-22-9-7-18(15-28-22)29(34)35;1-3-8(6-12)18-11(16-2)7-17-10(15)5-4-9(13)14;1-3-6(4-8)11-7(5-9)10-2;2-1-3/h12-13,17-19,24,30-31,39-41,51,54-56,63,67,72-74H,9-11,14-16,20-23,25-29,32-37H2,1-8H3,(H,62,69);7,9,15,19,24,30H,5-6,8,10-14,16-17H2,1-4H3,(H,26,31)(H,27,32);8,11-12H,3-7H2,1-2H3,(H,13,14);6-9H,3-5H2,1-2H3;/t39?,40?,41?,51?,54?,55?,56-,57-,58?,59-,60?,61+;;;;/m1..../s1. The number of ether oxygens (including phenoxy) is 12. The first-order chi connectivity index (χ1) is 71.5. The van der Waals surface area contributed by atoms with Gasteiger partial charge in [0.2, 0.25) is 17.7 Å². The Bertz CT molecular complexity index is 4930. The molecule has 2 aromatic carbocycles. The number of aliphatic carboxylic acids is 1. The predicted octanol–water partition coefficient (Wildman–Crippen LogP) is 7.96. The summed E-state index contributed by atoms with van der Waals surface area (Å²) in [7, 11) is 10.6. The molecule has 10 rings (SSSR count). The van der Waals surface area contributed by atoms with Gasteiger partial charge >= 0.3 is 36.0 Å². The number of nitrogens with one attached hydrogen (secondary N) is 4. The maximum absolute atomic E-state index is 15.2. The molecule has 15 unspecified atom stereocenters. The van der Waals surface area contributed by atoms with Crippen LogP contribution in [-0.2, 0) is 127 Å². The van der Waals surface area contributed by atoms with Crippen molar-refractivity contribution in [2.24, 2.45) is 11.3 Å². The average molecular weight is 2160 g/mol. The number of anilines is 1. The summed E-state index contributed by atoms with van der Waals surface area (Å²) in [4.78, 5) is 152. The molecule has 1 spiro atoms. The second kappa shape index (κ2) is 64.3. The maximum Gasteiger partial charge on any atom is 0.373 e. The van der Waals surface area contributed by atoms with Crippen molar-refractivity contribution >= 4 is 103 Å². The smallest absolute Gasteiger partial charge is 0.373 e. The molecule has 2 saturated heterocycles. The fraction of sp³-hybridized carbons (Fsp3) is 0.705. The van der Waals surface area contributed by atoms with Crippen molar-refractivity contribution in [3.63, 3.8) is 0 Å². The van der Waals surface area contributed by atoms with E-state index in [-0.39, 0.29) is 170 Å². The Labute approximate surface area is 886 Å². The summed E-state index contributed by atoms with van der Waals surface area (Å²) in [5.41, 5.74) is 2.87. The number of rotatable bonds is 59. The molecule has 844 valence electrons. The number of aliphatic hydroxyl groups is 8. The molecule has 4 aromatic rings. The lowest BCUT2D eigenvalue weighted by Crippen LogP contribution is -2.80. The lowest BCUT2D eigenvalue weighted by Gasteiger charge is -2.63. The number of methoxy groups -OCH3 is 4. The van der Waals surface area contributed by atoms with Gasteiger partial charge in [-0.05, 0) is 195 Å². The summed E-state index contributed by atoms with van der Waals surface area (Å²) in [6, 6.07) is 14.4. The second-order valence-corrected chi connectivity index (χ2v) is 42.1. The summed E-state index contributed by atoms with van der Waals surface area (Å²) in [6.07, 6.45) is 8.06. The van der Waals surface area contributed by atoms with E-state index >= 15 is 4.79 Å². The molecule has 45 heteroatoms. The molecule has 13 N–H and O–H groups in total. The van der Waals surface area contributed by atoms with Crippen LogP contribution < -0.4 is 20.9 Å². The summed E-state index contributed by atoms with van der Waals surface area (Å²) < 4.78 is 61.8. The first-order valence-corrected chi connectivity index (χ1v) is 53.8. The molecule has 19 atom stereocenters. The molecule has 1 saturated carbocycles. The Morgan fingerprint density at radius 1 is 0.653 bits per heavy atom. The summed E-state index contributed by atoms with van der Waals surface area (Å²) >= 11 is 0. The van der Waals surface area contributed by atoms with E-state index in [0.29, 0.717) is 102 Å². The molecule has 2 aromatic heterocycles. The number of esters is 4. The molecule has 0 radical (unpaired) electrons. The highest BCUT2D eigenvalue weighted by Crippen LogP contribution is 2.68. The van der Waals surface area contributed by atoms with Crippen LogP contribution in [0.3, 0.4) is 0 Å². The van der Waals surface area contributed by atoms with Gasteiger partial charge in [-0.25, -0.2) is 9.78 Å². The lowest BCUT2D eigenvalue weighted by atomic mass is 9.47. The Morgan fingerprint density at radius 3 is 1.73 bits per heavy atom. The third-order valence-corrected chi connectivity index (χ3v) is 31.7. The van der Waals surface area contributed by atoms with Gasteiger partial charge in [-0.3, -0.25) is 58.3 Å². The van der Waals surface area contributed by atoms with Gasteiger partial charge in [0.1, 0.15) is 43.2 Å². The molecule has 150 heavy (non-hydrogen) atoms. The van der Waals surface area contributed by atoms with E-state index in [4.69, 9.17) is 86.9 Å². The zero-order chi connectivity index (χ0) is 111. The van der Waals surface area contributed by atoms with Crippen molar-refractivity contribution in [3.05, 3.63) is 105 Å². The number of aliphatic hydroxyl groups excluding tert-OH is 6. The number of ketones is 1. The van der Waals surface area contributed by atoms with E-state index < -0.39 is 129 Å². The van der Waals surface area contributed by atoms with Crippen LogP contribution >= 0.6 is 21.6 Å². The summed E-state index contributed by atoms with van der Waals surface area (Å²) in [5, 5.41) is 113. The van der Waals surface area contributed by atoms with Crippen molar-refractivity contribution in [3.8, 4) is 0 Å². The number of hydrogen-bond acceptors (Lipinski definition) is 39. The Balaban J connectivity index is 0.000000392. The van der Waals surface area contributed by atoms with Crippen LogP contribution in [0.1, 0.15) is 238 Å². The number of pyridine rings is 1. The minimum absolute atomic E-state index is 0.0183. The second-order valence-electron chi connectivity index (χ2n) is 39.2. The monoisotopic (exact) mass is 2160 g/mol. The molecule has 7 heterocycles. The number of Topliss-reactive ketones (excluding diaryl/α,β-unsaturated/α-hetero) is 1. The summed E-state index contributed by atoms with van der Waals surface area (Å²) in [6.45, 7) is 25.2. The number of benzene rings is 2. The van der Waals surface area contributed by atoms with Gasteiger partial charge in [0.15, 0.2) is 36.5 Å². The topological polar surface area (TPSA) is 598 Å². The van der Waals surface area contributed by atoms with Crippen LogP contribution in [0.25, 0.3) is 10.9 Å². The average Bonchev–Trinajstić information content (AvgIpc) is 1.48. The van der Waals surface area contributed by atoms with Crippen LogP contribution in [0, 0.1) is 28.4 Å². The van der Waals surface area contributed by atoms with E-state index in [1.165, 1.54) is 80.6 Å². The number of piperidine rings is 1. The number of H-pyrrole nitrogens is 1. The molecular weight excluding hydrogens is 2000 g/mol. The largest absolute Gasteiger partial charge is 0.481 e. The fourth-order valence-electron chi connectivity index (χ4n) is 20.3. The number of hydrogen-bond donors (Lipinski definition) is 13. The lowest BCUT2D eigenvalue weighted by molar-refractivity contribution is -0.385. The number of carboxylic acid groups (broad SMARTS) is 1. The number of aromatic amines is 1. The number of nitro groups is 1. The zero-order valence-corrected chi connectivity index (χ0v) is 91.4. The number of carbonyl (C=O) groups is 9. The van der Waals surface area contributed by atoms with Crippen molar-refractivity contribution < 1.29 is 160 Å². The minimum Gasteiger partial charge on any atom is -0.481 e. The van der Waals surface area contributed by atoms with Crippen LogP contribution in [0.5, 0.6) is 0 Å². The first-order valence-electron chi connectivity index (χ1n) is 51.7. The summed E-state index contributed by atoms with van der Waals surface area (Å²) in [5.74, 6) is -4.47. The van der Waals surface area contributed by atoms with E-state index in [9.17, 15) is 74.0 Å². The van der Waals surface area contributed by atoms with E-state index in [2.05, 4.69) is 117 Å². The quantitative estimate of drug-likeness (QED) is 0.00291. The van der Waals surface area contributed by atoms with Gasteiger partial charge in [-0.1, -0.05) is 88.8 Å². The number of para-hydroxylation sites is 1. The molecule has 43 nitrogen and oxygen atoms in total. The molecule has 6 aliphatic rings. The Hall–Kier alpha value is -9.14. The predicted molar refractivity (Wildman–Crippen MR) is 554 cm³/mol. The molecule has 2 bridgehead atoms. The first kappa shape index (κ1) is 130. The van der Waals surface area contributed by atoms with E-state index in [1.54, 1.807) is 16.9 Å². The Kier molecular flexibility index (Phi) is 55.5. The maximum atomic E-state index is 15.2. The van der Waals surface area contributed by atoms with Gasteiger partial charge in [0, 0.05) is 162 Å². The number of carboxylic acids is 1. The molecule has 1 aliphatic carbocycles. The van der Waals surface area contributed by atoms with Crippen LogP contribution in [-0.4, -0.2) is 361 Å². The number of fused-ring (bicyclic) bond motifs is 6. The Morgan fingerprint density at radius 2 is 1.21 bits per heavy atom. The number of aromatic nitrogens is 2. The van der Waals surface area contributed by atoms with Crippen LogP contribution in [0.4, 0.5) is 11.4 Å². The zero-order valence-electron chi connectivity index (χ0n) is 89.7. The minimum atomic E-state index is -2.17. The molecule has 3 amide bonds. The molecular formula is C105H163N9O34S2. The number of carbonyl (C=O) groups excluding carboxylic acids is 10. The van der Waals surface area contributed by atoms with Crippen molar-refractivity contribution in [2.45, 2.75) is 329 Å². The molecule has 5 aliphatic heterocycles. The van der Waals surface area contributed by atoms with Gasteiger partial charge < -0.3 is 129 Å². The number of aryl methyl sites for hydroxylation is 1. The van der Waals surface area contributed by atoms with Gasteiger partial charge in [0.25, 0.3) is 5.69 Å². The van der Waals surface area contributed by atoms with E-state index in [1.807, 2.05) is 48.6 Å². The van der Waals surface area contributed by atoms with Crippen LogP contribution in [0.15, 0.2) is 71.9 Å². The number of nitrogens with zero attached hydrogens (tertiary/aromatic N) is 5. The number of unbranched alkanes of at least 4 members (excludes halogenated alkanes) is 1. The van der Waals surface area contributed by atoms with Gasteiger partial charge in [-0.15, -0.1) is 0 Å². The molecule has 3 fully saturated rings. The normalized spacial score (nSPS) is 23.1. The highest BCUT2D eigenvalue weighted by Gasteiger charge is 2.78. The van der Waals surface area contributed by atoms with Crippen molar-refractivity contribution in [1.29, 1.82) is 0 Å². The number of amides is 3. The van der Waals surface area contributed by atoms with E-state index in [0.717, 1.165) is 61.2 Å². The third kappa shape index (κ3) is 36.8. The fourth-order valence-corrected chi connectivity index (χ4v) is 22.5. The van der Waals surface area contributed by atoms with Crippen LogP contribution in [0.2, 0.25) is 0 Å².